The second-order valence-electron chi connectivity index (χ2n) is 5.97. The zero-order valence-corrected chi connectivity index (χ0v) is 15.5. The van der Waals surface area contributed by atoms with E-state index in [0.29, 0.717) is 25.5 Å². The molecule has 0 saturated carbocycles. The lowest BCUT2D eigenvalue weighted by molar-refractivity contribution is 0.123. The molecule has 2 heterocycles. The van der Waals surface area contributed by atoms with Crippen LogP contribution in [-0.2, 0) is 14.8 Å². The lowest BCUT2D eigenvalue weighted by atomic mass is 10.2. The van der Waals surface area contributed by atoms with Crippen molar-refractivity contribution >= 4 is 33.0 Å². The number of sulfonamides is 1. The fourth-order valence-electron chi connectivity index (χ4n) is 2.73. The smallest absolute Gasteiger partial charge is 0.233 e. The van der Waals surface area contributed by atoms with Crippen LogP contribution in [0.25, 0.3) is 0 Å². The number of para-hydroxylation sites is 2. The molecule has 2 aromatic rings. The van der Waals surface area contributed by atoms with Crippen LogP contribution in [0.15, 0.2) is 36.4 Å². The number of hydrogen-bond acceptors (Lipinski definition) is 7. The number of ether oxygens (including phenoxy) is 1. The van der Waals surface area contributed by atoms with Crippen LogP contribution in [0.2, 0.25) is 0 Å². The fourth-order valence-corrected chi connectivity index (χ4v) is 3.80. The van der Waals surface area contributed by atoms with Gasteiger partial charge in [-0.15, -0.1) is 10.2 Å². The zero-order valence-electron chi connectivity index (χ0n) is 14.7. The highest BCUT2D eigenvalue weighted by atomic mass is 32.2. The largest absolute Gasteiger partial charge is 0.378 e. The Kier molecular flexibility index (Phi) is 5.89. The summed E-state index contributed by atoms with van der Waals surface area (Å²) in [6.45, 7) is 4.90. The van der Waals surface area contributed by atoms with Crippen LogP contribution in [0, 0.1) is 0 Å². The van der Waals surface area contributed by atoms with Gasteiger partial charge in [0.1, 0.15) is 0 Å². The van der Waals surface area contributed by atoms with Gasteiger partial charge in [0.05, 0.1) is 30.3 Å². The maximum Gasteiger partial charge on any atom is 0.233 e. The molecular formula is C17H23N5O3S. The Morgan fingerprint density at radius 1 is 1.08 bits per heavy atom. The Balaban J connectivity index is 1.72. The second kappa shape index (κ2) is 8.33. The fraction of sp³-hybridized carbons (Fsp3) is 0.412. The zero-order chi connectivity index (χ0) is 18.4. The molecule has 0 aliphatic carbocycles. The summed E-state index contributed by atoms with van der Waals surface area (Å²) < 4.78 is 31.4. The van der Waals surface area contributed by atoms with Gasteiger partial charge in [-0.3, -0.25) is 4.72 Å². The quantitative estimate of drug-likeness (QED) is 0.763. The molecule has 3 rings (SSSR count). The molecule has 0 atom stereocenters. The minimum absolute atomic E-state index is 0.0571. The van der Waals surface area contributed by atoms with Crippen LogP contribution in [0.4, 0.5) is 23.0 Å². The molecule has 0 amide bonds. The Labute approximate surface area is 153 Å². The highest BCUT2D eigenvalue weighted by Gasteiger charge is 2.15. The van der Waals surface area contributed by atoms with Crippen molar-refractivity contribution in [1.82, 2.24) is 10.2 Å². The molecule has 140 valence electrons. The minimum Gasteiger partial charge on any atom is -0.378 e. The van der Waals surface area contributed by atoms with Gasteiger partial charge in [0, 0.05) is 13.1 Å². The average molecular weight is 377 g/mol. The Morgan fingerprint density at radius 2 is 1.77 bits per heavy atom. The summed E-state index contributed by atoms with van der Waals surface area (Å²) in [5.41, 5.74) is 1.99. The van der Waals surface area contributed by atoms with Crippen molar-refractivity contribution in [2.45, 2.75) is 13.3 Å². The van der Waals surface area contributed by atoms with E-state index in [1.807, 2.05) is 31.2 Å². The van der Waals surface area contributed by atoms with Crippen LogP contribution in [-0.4, -0.2) is 50.7 Å². The normalized spacial score (nSPS) is 14.9. The topological polar surface area (TPSA) is 96.5 Å². The van der Waals surface area contributed by atoms with E-state index in [0.717, 1.165) is 24.5 Å². The predicted molar refractivity (Wildman–Crippen MR) is 102 cm³/mol. The van der Waals surface area contributed by atoms with Crippen LogP contribution in [0.3, 0.4) is 0 Å². The van der Waals surface area contributed by atoms with Crippen LogP contribution < -0.4 is 14.9 Å². The molecule has 1 aromatic carbocycles. The van der Waals surface area contributed by atoms with Gasteiger partial charge in [-0.05, 0) is 30.7 Å². The first-order valence-electron chi connectivity index (χ1n) is 8.60. The van der Waals surface area contributed by atoms with Crippen LogP contribution in [0.1, 0.15) is 13.3 Å². The first kappa shape index (κ1) is 18.4. The predicted octanol–water partition coefficient (Wildman–Crippen LogP) is 2.21. The standard InChI is InChI=1S/C17H23N5O3S/c1-2-13-26(23,24)21-17-8-7-16(19-20-17)18-14-5-3-4-6-15(14)22-9-11-25-12-10-22/h3-8H,2,9-13H2,1H3,(H,18,19)(H,20,21). The van der Waals surface area contributed by atoms with Gasteiger partial charge in [0.15, 0.2) is 11.6 Å². The summed E-state index contributed by atoms with van der Waals surface area (Å²) in [6.07, 6.45) is 0.542. The molecule has 2 N–H and O–H groups in total. The average Bonchev–Trinajstić information content (AvgIpc) is 2.64. The third-order valence-corrected chi connectivity index (χ3v) is 5.38. The molecular weight excluding hydrogens is 354 g/mol. The van der Waals surface area contributed by atoms with Crippen LogP contribution in [0.5, 0.6) is 0 Å². The van der Waals surface area contributed by atoms with Crippen molar-refractivity contribution < 1.29 is 13.2 Å². The number of aromatic nitrogens is 2. The highest BCUT2D eigenvalue weighted by Crippen LogP contribution is 2.28. The second-order valence-corrected chi connectivity index (χ2v) is 7.81. The molecule has 9 heteroatoms. The molecule has 1 saturated heterocycles. The van der Waals surface area contributed by atoms with Crippen molar-refractivity contribution in [3.8, 4) is 0 Å². The molecule has 1 fully saturated rings. The first-order valence-corrected chi connectivity index (χ1v) is 10.3. The van der Waals surface area contributed by atoms with E-state index in [2.05, 4.69) is 25.1 Å². The summed E-state index contributed by atoms with van der Waals surface area (Å²) in [4.78, 5) is 2.26. The van der Waals surface area contributed by atoms with E-state index in [-0.39, 0.29) is 11.6 Å². The SMILES string of the molecule is CCCS(=O)(=O)Nc1ccc(Nc2ccccc2N2CCOCC2)nn1. The molecule has 0 bridgehead atoms. The number of hydrogen-bond donors (Lipinski definition) is 2. The van der Waals surface area contributed by atoms with Crippen molar-refractivity contribution in [2.75, 3.05) is 47.0 Å². The lowest BCUT2D eigenvalue weighted by Gasteiger charge is -2.30. The van der Waals surface area contributed by atoms with Gasteiger partial charge in [-0.2, -0.15) is 0 Å². The van der Waals surface area contributed by atoms with E-state index < -0.39 is 10.0 Å². The van der Waals surface area contributed by atoms with Gasteiger partial charge in [0.2, 0.25) is 10.0 Å². The summed E-state index contributed by atoms with van der Waals surface area (Å²) >= 11 is 0. The third-order valence-electron chi connectivity index (χ3n) is 3.92. The summed E-state index contributed by atoms with van der Waals surface area (Å²) in [5, 5.41) is 11.3. The lowest BCUT2D eigenvalue weighted by Crippen LogP contribution is -2.36. The van der Waals surface area contributed by atoms with Gasteiger partial charge in [-0.1, -0.05) is 19.1 Å². The van der Waals surface area contributed by atoms with E-state index in [1.54, 1.807) is 12.1 Å². The molecule has 0 unspecified atom stereocenters. The van der Waals surface area contributed by atoms with Gasteiger partial charge in [-0.25, -0.2) is 8.42 Å². The van der Waals surface area contributed by atoms with E-state index in [9.17, 15) is 8.42 Å². The van der Waals surface area contributed by atoms with E-state index in [4.69, 9.17) is 4.74 Å². The summed E-state index contributed by atoms with van der Waals surface area (Å²) in [5.74, 6) is 0.816. The van der Waals surface area contributed by atoms with Crippen molar-refractivity contribution in [1.29, 1.82) is 0 Å². The number of nitrogens with zero attached hydrogens (tertiary/aromatic N) is 3. The van der Waals surface area contributed by atoms with E-state index >= 15 is 0 Å². The number of benzene rings is 1. The van der Waals surface area contributed by atoms with E-state index in [1.165, 1.54) is 0 Å². The molecule has 1 aromatic heterocycles. The number of nitrogens with one attached hydrogen (secondary N) is 2. The summed E-state index contributed by atoms with van der Waals surface area (Å²) in [6, 6.07) is 11.3. The van der Waals surface area contributed by atoms with Crippen LogP contribution >= 0.6 is 0 Å². The Morgan fingerprint density at radius 3 is 2.46 bits per heavy atom. The Hall–Kier alpha value is -2.39. The maximum atomic E-state index is 11.8. The molecule has 0 spiro atoms. The highest BCUT2D eigenvalue weighted by molar-refractivity contribution is 7.92. The van der Waals surface area contributed by atoms with Gasteiger partial charge >= 0.3 is 0 Å². The number of rotatable bonds is 7. The maximum absolute atomic E-state index is 11.8. The van der Waals surface area contributed by atoms with Crippen molar-refractivity contribution in [2.24, 2.45) is 0 Å². The molecule has 8 nitrogen and oxygen atoms in total. The Bertz CT molecular complexity index is 821. The molecule has 1 aliphatic heterocycles. The summed E-state index contributed by atoms with van der Waals surface area (Å²) in [7, 11) is -3.37. The van der Waals surface area contributed by atoms with Gasteiger partial charge in [0.25, 0.3) is 0 Å². The van der Waals surface area contributed by atoms with Crippen molar-refractivity contribution in [3.05, 3.63) is 36.4 Å². The number of anilines is 4. The first-order chi connectivity index (χ1) is 12.6. The third kappa shape index (κ3) is 4.83. The van der Waals surface area contributed by atoms with Gasteiger partial charge < -0.3 is 15.0 Å². The monoisotopic (exact) mass is 377 g/mol. The molecule has 0 radical (unpaired) electrons. The van der Waals surface area contributed by atoms with Crippen molar-refractivity contribution in [3.63, 3.8) is 0 Å². The molecule has 1 aliphatic rings. The molecule has 26 heavy (non-hydrogen) atoms. The number of morpholine rings is 1. The minimum atomic E-state index is -3.37.